The Hall–Kier alpha value is -3.85. The van der Waals surface area contributed by atoms with Crippen LogP contribution < -0.4 is 5.32 Å². The Balaban J connectivity index is 1.30. The Morgan fingerprint density at radius 1 is 1.03 bits per heavy atom. The predicted molar refractivity (Wildman–Crippen MR) is 131 cm³/mol. The molecular formula is C26H24N2O6S. The summed E-state index contributed by atoms with van der Waals surface area (Å²) in [5, 5.41) is 12.0. The number of aliphatic carboxylic acids is 1. The number of ether oxygens (including phenoxy) is 2. The van der Waals surface area contributed by atoms with E-state index in [1.165, 1.54) is 25.1 Å². The van der Waals surface area contributed by atoms with Gasteiger partial charge in [-0.05, 0) is 34.4 Å². The van der Waals surface area contributed by atoms with Crippen molar-refractivity contribution in [2.45, 2.75) is 17.7 Å². The maximum Gasteiger partial charge on any atom is 0.407 e. The second-order valence-electron chi connectivity index (χ2n) is 7.91. The van der Waals surface area contributed by atoms with Crippen LogP contribution >= 0.6 is 11.8 Å². The molecule has 1 aromatic heterocycles. The number of alkyl carbamates (subject to hydrolysis) is 1. The molecule has 1 heterocycles. The lowest BCUT2D eigenvalue weighted by Crippen LogP contribution is -2.43. The summed E-state index contributed by atoms with van der Waals surface area (Å²) in [7, 11) is 1.29. The molecule has 0 radical (unpaired) electrons. The zero-order chi connectivity index (χ0) is 24.8. The standard InChI is InChI=1S/C26H24N2O6S/c1-33-25(31)16-10-11-17(27-12-16)14-35-15-23(24(29)30)28-26(32)34-13-22-20-8-4-2-6-18(20)19-7-3-5-9-21(19)22/h2-12,22-23H,13-15H2,1H3,(H,28,32)(H,29,30). The molecule has 0 aliphatic heterocycles. The average molecular weight is 493 g/mol. The Morgan fingerprint density at radius 3 is 2.26 bits per heavy atom. The molecule has 1 aliphatic carbocycles. The van der Waals surface area contributed by atoms with Gasteiger partial charge in [-0.1, -0.05) is 48.5 Å². The lowest BCUT2D eigenvalue weighted by atomic mass is 9.98. The monoisotopic (exact) mass is 492 g/mol. The first kappa shape index (κ1) is 24.3. The number of benzene rings is 2. The minimum absolute atomic E-state index is 0.107. The molecule has 4 rings (SSSR count). The molecule has 0 fully saturated rings. The number of rotatable bonds is 9. The molecule has 1 atom stereocenters. The molecule has 0 saturated carbocycles. The van der Waals surface area contributed by atoms with E-state index in [0.717, 1.165) is 22.3 Å². The van der Waals surface area contributed by atoms with Gasteiger partial charge in [0.1, 0.15) is 12.6 Å². The van der Waals surface area contributed by atoms with Gasteiger partial charge in [0.05, 0.1) is 18.4 Å². The van der Waals surface area contributed by atoms with Crippen molar-refractivity contribution in [2.75, 3.05) is 19.5 Å². The molecule has 1 aliphatic rings. The van der Waals surface area contributed by atoms with Gasteiger partial charge in [0.2, 0.25) is 0 Å². The number of carbonyl (C=O) groups excluding carboxylic acids is 2. The maximum absolute atomic E-state index is 12.4. The third-order valence-electron chi connectivity index (χ3n) is 5.71. The number of hydrogen-bond donors (Lipinski definition) is 2. The van der Waals surface area contributed by atoms with E-state index in [9.17, 15) is 19.5 Å². The van der Waals surface area contributed by atoms with Gasteiger partial charge >= 0.3 is 18.0 Å². The highest BCUT2D eigenvalue weighted by Crippen LogP contribution is 2.44. The normalized spacial score (nSPS) is 12.8. The number of hydrogen-bond acceptors (Lipinski definition) is 7. The highest BCUT2D eigenvalue weighted by atomic mass is 32.2. The number of amides is 1. The summed E-state index contributed by atoms with van der Waals surface area (Å²) >= 11 is 1.30. The molecule has 35 heavy (non-hydrogen) atoms. The zero-order valence-corrected chi connectivity index (χ0v) is 19.8. The predicted octanol–water partition coefficient (Wildman–Crippen LogP) is 4.09. The molecule has 0 saturated heterocycles. The van der Waals surface area contributed by atoms with Crippen molar-refractivity contribution >= 4 is 29.8 Å². The maximum atomic E-state index is 12.4. The number of esters is 1. The summed E-state index contributed by atoms with van der Waals surface area (Å²) in [5.74, 6) is -1.20. The number of fused-ring (bicyclic) bond motifs is 3. The smallest absolute Gasteiger partial charge is 0.407 e. The molecule has 8 nitrogen and oxygen atoms in total. The minimum atomic E-state index is -1.15. The van der Waals surface area contributed by atoms with Crippen molar-refractivity contribution in [3.05, 3.63) is 89.2 Å². The Labute approximate surface area is 206 Å². The van der Waals surface area contributed by atoms with Crippen molar-refractivity contribution in [1.29, 1.82) is 0 Å². The lowest BCUT2D eigenvalue weighted by molar-refractivity contribution is -0.138. The number of nitrogens with one attached hydrogen (secondary N) is 1. The number of aromatic nitrogens is 1. The molecule has 2 N–H and O–H groups in total. The summed E-state index contributed by atoms with van der Waals surface area (Å²) in [6, 6.07) is 18.1. The van der Waals surface area contributed by atoms with Gasteiger partial charge in [0.15, 0.2) is 0 Å². The van der Waals surface area contributed by atoms with Crippen molar-refractivity contribution in [3.63, 3.8) is 0 Å². The first-order valence-electron chi connectivity index (χ1n) is 10.9. The van der Waals surface area contributed by atoms with Gasteiger partial charge in [-0.25, -0.2) is 14.4 Å². The van der Waals surface area contributed by atoms with Gasteiger partial charge in [0.25, 0.3) is 0 Å². The van der Waals surface area contributed by atoms with Crippen LogP contribution in [0.25, 0.3) is 11.1 Å². The van der Waals surface area contributed by atoms with Crippen molar-refractivity contribution in [2.24, 2.45) is 0 Å². The second-order valence-corrected chi connectivity index (χ2v) is 8.94. The summed E-state index contributed by atoms with van der Waals surface area (Å²) in [6.45, 7) is 0.107. The fourth-order valence-corrected chi connectivity index (χ4v) is 4.95. The van der Waals surface area contributed by atoms with Crippen LogP contribution in [0.4, 0.5) is 4.79 Å². The lowest BCUT2D eigenvalue weighted by Gasteiger charge is -2.17. The average Bonchev–Trinajstić information content (AvgIpc) is 3.20. The topological polar surface area (TPSA) is 115 Å². The van der Waals surface area contributed by atoms with Gasteiger partial charge in [-0.15, -0.1) is 0 Å². The third-order valence-corrected chi connectivity index (χ3v) is 6.78. The summed E-state index contributed by atoms with van der Waals surface area (Å²) in [6.07, 6.45) is 0.631. The van der Waals surface area contributed by atoms with Gasteiger partial charge in [0, 0.05) is 23.6 Å². The summed E-state index contributed by atoms with van der Waals surface area (Å²) in [4.78, 5) is 39.8. The minimum Gasteiger partial charge on any atom is -0.480 e. The Morgan fingerprint density at radius 2 is 1.69 bits per heavy atom. The SMILES string of the molecule is COC(=O)c1ccc(CSCC(NC(=O)OCC2c3ccccc3-c3ccccc32)C(=O)O)nc1. The first-order valence-corrected chi connectivity index (χ1v) is 12.1. The van der Waals surface area contributed by atoms with Crippen LogP contribution in [0.5, 0.6) is 0 Å². The van der Waals surface area contributed by atoms with E-state index in [2.05, 4.69) is 15.0 Å². The van der Waals surface area contributed by atoms with Crippen molar-refractivity contribution in [3.8, 4) is 11.1 Å². The number of methoxy groups -OCH3 is 1. The number of carbonyl (C=O) groups is 3. The van der Waals surface area contributed by atoms with Gasteiger partial charge in [-0.3, -0.25) is 4.98 Å². The highest BCUT2D eigenvalue weighted by molar-refractivity contribution is 7.98. The molecule has 0 spiro atoms. The van der Waals surface area contributed by atoms with Crippen LogP contribution in [0.3, 0.4) is 0 Å². The molecular weight excluding hydrogens is 468 g/mol. The molecule has 9 heteroatoms. The van der Waals surface area contributed by atoms with Gasteiger partial charge < -0.3 is 19.9 Å². The van der Waals surface area contributed by atoms with Crippen molar-refractivity contribution < 1.29 is 29.0 Å². The van der Waals surface area contributed by atoms with E-state index in [4.69, 9.17) is 4.74 Å². The quantitative estimate of drug-likeness (QED) is 0.429. The fourth-order valence-electron chi connectivity index (χ4n) is 3.99. The van der Waals surface area contributed by atoms with E-state index in [1.807, 2.05) is 48.5 Å². The van der Waals surface area contributed by atoms with Gasteiger partial charge in [-0.2, -0.15) is 11.8 Å². The highest BCUT2D eigenvalue weighted by Gasteiger charge is 2.29. The van der Waals surface area contributed by atoms with Crippen LogP contribution in [0, 0.1) is 0 Å². The van der Waals surface area contributed by atoms with E-state index < -0.39 is 24.1 Å². The van der Waals surface area contributed by atoms with Crippen LogP contribution in [-0.4, -0.2) is 53.6 Å². The number of nitrogens with zero attached hydrogens (tertiary/aromatic N) is 1. The molecule has 2 aromatic carbocycles. The Kier molecular flexibility index (Phi) is 7.67. The molecule has 1 unspecified atom stereocenters. The van der Waals surface area contributed by atoms with E-state index in [-0.39, 0.29) is 18.3 Å². The fraction of sp³-hybridized carbons (Fsp3) is 0.231. The number of thioether (sulfide) groups is 1. The van der Waals surface area contributed by atoms with Crippen LogP contribution in [0.1, 0.15) is 33.1 Å². The van der Waals surface area contributed by atoms with E-state index in [0.29, 0.717) is 17.0 Å². The number of pyridine rings is 1. The number of carboxylic acid groups (broad SMARTS) is 1. The summed E-state index contributed by atoms with van der Waals surface area (Å²) in [5.41, 5.74) is 5.40. The van der Waals surface area contributed by atoms with Crippen molar-refractivity contribution in [1.82, 2.24) is 10.3 Å². The molecule has 180 valence electrons. The molecule has 1 amide bonds. The number of carboxylic acids is 1. The van der Waals surface area contributed by atoms with Crippen LogP contribution in [-0.2, 0) is 20.0 Å². The largest absolute Gasteiger partial charge is 0.480 e. The van der Waals surface area contributed by atoms with Crippen LogP contribution in [0.15, 0.2) is 66.9 Å². The molecule has 0 bridgehead atoms. The van der Waals surface area contributed by atoms with E-state index >= 15 is 0 Å². The molecule has 3 aromatic rings. The van der Waals surface area contributed by atoms with E-state index in [1.54, 1.807) is 12.1 Å². The second kappa shape index (κ2) is 11.1. The summed E-state index contributed by atoms with van der Waals surface area (Å²) < 4.78 is 10.1. The Bertz CT molecular complexity index is 1190. The zero-order valence-electron chi connectivity index (χ0n) is 19.0. The first-order chi connectivity index (χ1) is 17.0. The van der Waals surface area contributed by atoms with Crippen LogP contribution in [0.2, 0.25) is 0 Å². The third kappa shape index (κ3) is 5.63.